The molecule has 6 heteroatoms. The zero-order valence-electron chi connectivity index (χ0n) is 7.35. The van der Waals surface area contributed by atoms with Crippen LogP contribution in [-0.2, 0) is 9.59 Å². The third-order valence-corrected chi connectivity index (χ3v) is 2.40. The van der Waals surface area contributed by atoms with E-state index in [1.54, 1.807) is 0 Å². The molecule has 1 unspecified atom stereocenters. The van der Waals surface area contributed by atoms with E-state index >= 15 is 0 Å². The van der Waals surface area contributed by atoms with Crippen LogP contribution < -0.4 is 10.9 Å². The summed E-state index contributed by atoms with van der Waals surface area (Å²) >= 11 is 0. The van der Waals surface area contributed by atoms with Crippen molar-refractivity contribution in [2.75, 3.05) is 0 Å². The van der Waals surface area contributed by atoms with Crippen molar-refractivity contribution in [3.8, 4) is 0 Å². The summed E-state index contributed by atoms with van der Waals surface area (Å²) in [5.74, 6) is -5.28. The Morgan fingerprint density at radius 2 is 1.64 bits per heavy atom. The predicted octanol–water partition coefficient (Wildman–Crippen LogP) is 0.199. The van der Waals surface area contributed by atoms with Crippen molar-refractivity contribution < 1.29 is 18.4 Å². The first kappa shape index (κ1) is 9.36. The van der Waals surface area contributed by atoms with Crippen molar-refractivity contribution in [2.24, 2.45) is 11.8 Å². The van der Waals surface area contributed by atoms with Crippen LogP contribution in [0, 0.1) is 11.8 Å². The Kier molecular flexibility index (Phi) is 1.94. The predicted molar refractivity (Wildman–Crippen MR) is 42.1 cm³/mol. The van der Waals surface area contributed by atoms with Crippen molar-refractivity contribution >= 4 is 11.8 Å². The van der Waals surface area contributed by atoms with Crippen LogP contribution in [0.4, 0.5) is 8.78 Å². The van der Waals surface area contributed by atoms with Gasteiger partial charge >= 0.3 is 0 Å². The molecule has 0 aliphatic heterocycles. The summed E-state index contributed by atoms with van der Waals surface area (Å²) in [6, 6.07) is 0. The number of halogens is 2. The Labute approximate surface area is 79.0 Å². The molecule has 0 aromatic rings. The highest BCUT2D eigenvalue weighted by Gasteiger charge is 2.61. The number of rotatable bonds is 2. The van der Waals surface area contributed by atoms with Gasteiger partial charge in [-0.2, -0.15) is 0 Å². The van der Waals surface area contributed by atoms with Gasteiger partial charge in [0, 0.05) is 12.3 Å². The summed E-state index contributed by atoms with van der Waals surface area (Å²) in [7, 11) is 0. The van der Waals surface area contributed by atoms with E-state index in [0.717, 1.165) is 12.8 Å². The summed E-state index contributed by atoms with van der Waals surface area (Å²) in [6.45, 7) is 0. The molecule has 2 rings (SSSR count). The van der Waals surface area contributed by atoms with Crippen LogP contribution in [0.2, 0.25) is 0 Å². The minimum Gasteiger partial charge on any atom is -0.273 e. The van der Waals surface area contributed by atoms with Crippen LogP contribution in [0.3, 0.4) is 0 Å². The van der Waals surface area contributed by atoms with E-state index < -0.39 is 24.2 Å². The highest BCUT2D eigenvalue weighted by atomic mass is 19.3. The fourth-order valence-electron chi connectivity index (χ4n) is 1.16. The lowest BCUT2D eigenvalue weighted by Gasteiger charge is -2.05. The average Bonchev–Trinajstić information content (AvgIpc) is 2.96. The van der Waals surface area contributed by atoms with Crippen molar-refractivity contribution in [2.45, 2.75) is 25.2 Å². The van der Waals surface area contributed by atoms with Crippen LogP contribution in [0.5, 0.6) is 0 Å². The third-order valence-electron chi connectivity index (χ3n) is 2.40. The van der Waals surface area contributed by atoms with E-state index in [-0.39, 0.29) is 11.8 Å². The molecule has 4 nitrogen and oxygen atoms in total. The second kappa shape index (κ2) is 2.90. The molecule has 2 aliphatic carbocycles. The number of hydrogen-bond acceptors (Lipinski definition) is 2. The average molecular weight is 204 g/mol. The molecule has 0 spiro atoms. The van der Waals surface area contributed by atoms with Gasteiger partial charge in [-0.1, -0.05) is 0 Å². The van der Waals surface area contributed by atoms with Gasteiger partial charge in [0.15, 0.2) is 0 Å². The quantitative estimate of drug-likeness (QED) is 0.631. The van der Waals surface area contributed by atoms with E-state index in [4.69, 9.17) is 0 Å². The van der Waals surface area contributed by atoms with Crippen LogP contribution >= 0.6 is 0 Å². The van der Waals surface area contributed by atoms with E-state index in [0.29, 0.717) is 0 Å². The first-order valence-corrected chi connectivity index (χ1v) is 4.48. The Morgan fingerprint density at radius 3 is 2.07 bits per heavy atom. The second-order valence-electron chi connectivity index (χ2n) is 3.77. The van der Waals surface area contributed by atoms with Crippen LogP contribution in [0.1, 0.15) is 19.3 Å². The van der Waals surface area contributed by atoms with Gasteiger partial charge in [0.25, 0.3) is 5.92 Å². The normalized spacial score (nSPS) is 28.0. The number of alkyl halides is 2. The Morgan fingerprint density at radius 1 is 1.14 bits per heavy atom. The minimum atomic E-state index is -2.88. The minimum absolute atomic E-state index is 0.0463. The number of carbonyl (C=O) groups excluding carboxylic acids is 2. The maximum absolute atomic E-state index is 12.4. The van der Waals surface area contributed by atoms with Gasteiger partial charge < -0.3 is 0 Å². The smallest absolute Gasteiger partial charge is 0.260 e. The summed E-state index contributed by atoms with van der Waals surface area (Å²) in [5.41, 5.74) is 4.13. The molecule has 0 aromatic heterocycles. The zero-order chi connectivity index (χ0) is 10.3. The molecule has 2 N–H and O–H groups in total. The van der Waals surface area contributed by atoms with Crippen LogP contribution in [0.25, 0.3) is 0 Å². The number of hydrogen-bond donors (Lipinski definition) is 2. The summed E-state index contributed by atoms with van der Waals surface area (Å²) in [6.07, 6.45) is 1.20. The van der Waals surface area contributed by atoms with Crippen LogP contribution in [0.15, 0.2) is 0 Å². The summed E-state index contributed by atoms with van der Waals surface area (Å²) in [5, 5.41) is 0. The molecule has 0 saturated heterocycles. The third kappa shape index (κ3) is 1.83. The lowest BCUT2D eigenvalue weighted by atomic mass is 10.4. The van der Waals surface area contributed by atoms with Gasteiger partial charge in [-0.25, -0.2) is 8.78 Å². The van der Waals surface area contributed by atoms with Crippen molar-refractivity contribution in [1.82, 2.24) is 10.9 Å². The molecule has 2 fully saturated rings. The van der Waals surface area contributed by atoms with E-state index in [9.17, 15) is 18.4 Å². The standard InChI is InChI=1S/C8H10F2N2O2/c9-8(10)3-5(8)7(14)12-11-6(13)4-1-2-4/h4-5H,1-3H2,(H,11,13)(H,12,14). The van der Waals surface area contributed by atoms with Gasteiger partial charge in [0.2, 0.25) is 11.8 Å². The van der Waals surface area contributed by atoms with Gasteiger partial charge in [0.05, 0.1) is 0 Å². The number of amides is 2. The van der Waals surface area contributed by atoms with E-state index in [2.05, 4.69) is 5.43 Å². The molecule has 0 radical (unpaired) electrons. The number of nitrogens with one attached hydrogen (secondary N) is 2. The van der Waals surface area contributed by atoms with Gasteiger partial charge in [-0.15, -0.1) is 0 Å². The lowest BCUT2D eigenvalue weighted by Crippen LogP contribution is -2.43. The molecular weight excluding hydrogens is 194 g/mol. The topological polar surface area (TPSA) is 58.2 Å². The number of carbonyl (C=O) groups is 2. The highest BCUT2D eigenvalue weighted by molar-refractivity contribution is 5.87. The van der Waals surface area contributed by atoms with Gasteiger partial charge in [-0.3, -0.25) is 20.4 Å². The number of hydrazine groups is 1. The molecule has 1 atom stereocenters. The van der Waals surface area contributed by atoms with Gasteiger partial charge in [0.1, 0.15) is 5.92 Å². The molecule has 14 heavy (non-hydrogen) atoms. The Balaban J connectivity index is 1.70. The first-order chi connectivity index (χ1) is 6.50. The molecular formula is C8H10F2N2O2. The lowest BCUT2D eigenvalue weighted by molar-refractivity contribution is -0.131. The van der Waals surface area contributed by atoms with Crippen molar-refractivity contribution in [3.63, 3.8) is 0 Å². The van der Waals surface area contributed by atoms with E-state index in [1.165, 1.54) is 0 Å². The molecule has 2 amide bonds. The monoisotopic (exact) mass is 204 g/mol. The van der Waals surface area contributed by atoms with Crippen LogP contribution in [-0.4, -0.2) is 17.7 Å². The summed E-state index contributed by atoms with van der Waals surface area (Å²) < 4.78 is 24.7. The molecule has 0 bridgehead atoms. The Hall–Kier alpha value is -1.20. The molecule has 0 heterocycles. The second-order valence-corrected chi connectivity index (χ2v) is 3.77. The molecule has 0 aromatic carbocycles. The van der Waals surface area contributed by atoms with Crippen molar-refractivity contribution in [3.05, 3.63) is 0 Å². The Bertz CT molecular complexity index is 289. The van der Waals surface area contributed by atoms with E-state index in [1.807, 2.05) is 5.43 Å². The SMILES string of the molecule is O=C(NNC(=O)C1CC1(F)F)C1CC1. The maximum atomic E-state index is 12.4. The molecule has 2 saturated carbocycles. The fourth-order valence-corrected chi connectivity index (χ4v) is 1.16. The summed E-state index contributed by atoms with van der Waals surface area (Å²) in [4.78, 5) is 22.0. The largest absolute Gasteiger partial charge is 0.273 e. The van der Waals surface area contributed by atoms with Gasteiger partial charge in [-0.05, 0) is 12.8 Å². The zero-order valence-corrected chi connectivity index (χ0v) is 7.35. The van der Waals surface area contributed by atoms with Crippen molar-refractivity contribution in [1.29, 1.82) is 0 Å². The fraction of sp³-hybridized carbons (Fsp3) is 0.750. The molecule has 2 aliphatic rings. The molecule has 78 valence electrons. The first-order valence-electron chi connectivity index (χ1n) is 4.48. The maximum Gasteiger partial charge on any atom is 0.260 e. The highest BCUT2D eigenvalue weighted by Crippen LogP contribution is 2.48.